The molecule has 1 unspecified atom stereocenters. The van der Waals surface area contributed by atoms with Crippen LogP contribution in [-0.4, -0.2) is 36.6 Å². The van der Waals surface area contributed by atoms with Crippen molar-refractivity contribution in [2.24, 2.45) is 17.8 Å². The lowest BCUT2D eigenvalue weighted by atomic mass is 9.72. The molecule has 18 heavy (non-hydrogen) atoms. The van der Waals surface area contributed by atoms with E-state index in [2.05, 4.69) is 24.1 Å². The van der Waals surface area contributed by atoms with Gasteiger partial charge in [0, 0.05) is 18.6 Å². The first-order valence-electron chi connectivity index (χ1n) is 8.20. The minimum absolute atomic E-state index is 0.902. The Morgan fingerprint density at radius 3 is 2.44 bits per heavy atom. The summed E-state index contributed by atoms with van der Waals surface area (Å²) in [5.41, 5.74) is 0. The molecule has 2 heteroatoms. The van der Waals surface area contributed by atoms with Gasteiger partial charge in [0.2, 0.25) is 0 Å². The van der Waals surface area contributed by atoms with Crippen LogP contribution in [0.4, 0.5) is 0 Å². The molecule has 2 saturated carbocycles. The quantitative estimate of drug-likeness (QED) is 0.807. The lowest BCUT2D eigenvalue weighted by Crippen LogP contribution is -2.50. The third-order valence-electron chi connectivity index (χ3n) is 5.45. The molecule has 1 saturated heterocycles. The number of nitrogens with one attached hydrogen (secondary N) is 1. The minimum Gasteiger partial charge on any atom is -0.316 e. The lowest BCUT2D eigenvalue weighted by molar-refractivity contribution is 0.0353. The van der Waals surface area contributed by atoms with Gasteiger partial charge in [0.15, 0.2) is 0 Å². The standard InChI is InChI=1S/C16H30N2/c1-12(2)14-8-16(9-14)18(15-5-6-15)11-13-4-3-7-17-10-13/h12-17H,3-11H2,1-2H3. The van der Waals surface area contributed by atoms with Gasteiger partial charge < -0.3 is 5.32 Å². The van der Waals surface area contributed by atoms with Crippen LogP contribution < -0.4 is 5.32 Å². The maximum atomic E-state index is 3.57. The van der Waals surface area contributed by atoms with Gasteiger partial charge in [-0.25, -0.2) is 0 Å². The molecule has 3 aliphatic rings. The summed E-state index contributed by atoms with van der Waals surface area (Å²) in [6.07, 6.45) is 8.76. The normalized spacial score (nSPS) is 37.0. The zero-order valence-corrected chi connectivity index (χ0v) is 12.2. The van der Waals surface area contributed by atoms with Gasteiger partial charge in [-0.3, -0.25) is 4.90 Å². The molecule has 0 spiro atoms. The zero-order valence-electron chi connectivity index (χ0n) is 12.2. The molecule has 1 heterocycles. The van der Waals surface area contributed by atoms with E-state index in [-0.39, 0.29) is 0 Å². The Morgan fingerprint density at radius 2 is 1.89 bits per heavy atom. The van der Waals surface area contributed by atoms with Crippen LogP contribution in [0.1, 0.15) is 52.4 Å². The van der Waals surface area contributed by atoms with Crippen LogP contribution in [0.15, 0.2) is 0 Å². The maximum Gasteiger partial charge on any atom is 0.0104 e. The number of piperidine rings is 1. The van der Waals surface area contributed by atoms with Gasteiger partial charge in [-0.05, 0) is 69.4 Å². The van der Waals surface area contributed by atoms with Crippen molar-refractivity contribution in [3.63, 3.8) is 0 Å². The number of hydrogen-bond donors (Lipinski definition) is 1. The van der Waals surface area contributed by atoms with Crippen LogP contribution in [-0.2, 0) is 0 Å². The summed E-state index contributed by atoms with van der Waals surface area (Å²) in [6, 6.07) is 1.90. The third-order valence-corrected chi connectivity index (χ3v) is 5.45. The Kier molecular flexibility index (Phi) is 3.95. The molecule has 0 radical (unpaired) electrons. The molecule has 2 nitrogen and oxygen atoms in total. The largest absolute Gasteiger partial charge is 0.316 e. The van der Waals surface area contributed by atoms with Gasteiger partial charge in [-0.1, -0.05) is 13.8 Å². The Morgan fingerprint density at radius 1 is 1.11 bits per heavy atom. The Labute approximate surface area is 113 Å². The van der Waals surface area contributed by atoms with Crippen molar-refractivity contribution in [3.8, 4) is 0 Å². The summed E-state index contributed by atoms with van der Waals surface area (Å²) in [5, 5.41) is 3.57. The third kappa shape index (κ3) is 2.91. The fourth-order valence-corrected chi connectivity index (χ4v) is 3.83. The molecule has 2 aliphatic carbocycles. The fraction of sp³-hybridized carbons (Fsp3) is 1.00. The molecular weight excluding hydrogens is 220 g/mol. The van der Waals surface area contributed by atoms with E-state index in [1.54, 1.807) is 0 Å². The molecule has 0 aromatic rings. The predicted molar refractivity (Wildman–Crippen MR) is 76.7 cm³/mol. The van der Waals surface area contributed by atoms with E-state index < -0.39 is 0 Å². The topological polar surface area (TPSA) is 15.3 Å². The van der Waals surface area contributed by atoms with Crippen LogP contribution in [0.2, 0.25) is 0 Å². The van der Waals surface area contributed by atoms with Crippen LogP contribution >= 0.6 is 0 Å². The minimum atomic E-state index is 0.902. The van der Waals surface area contributed by atoms with Crippen molar-refractivity contribution < 1.29 is 0 Å². The summed E-state index contributed by atoms with van der Waals surface area (Å²) in [7, 11) is 0. The lowest BCUT2D eigenvalue weighted by Gasteiger charge is -2.46. The van der Waals surface area contributed by atoms with Crippen LogP contribution in [0.5, 0.6) is 0 Å². The molecule has 0 aromatic carbocycles. The smallest absolute Gasteiger partial charge is 0.0104 e. The molecule has 104 valence electrons. The van der Waals surface area contributed by atoms with E-state index in [1.165, 1.54) is 58.2 Å². The van der Waals surface area contributed by atoms with Crippen molar-refractivity contribution in [1.82, 2.24) is 10.2 Å². The van der Waals surface area contributed by atoms with E-state index in [4.69, 9.17) is 0 Å². The highest BCUT2D eigenvalue weighted by Crippen LogP contribution is 2.42. The summed E-state index contributed by atoms with van der Waals surface area (Å²) in [4.78, 5) is 2.90. The summed E-state index contributed by atoms with van der Waals surface area (Å²) in [6.45, 7) is 8.69. The molecule has 0 aromatic heterocycles. The first-order valence-corrected chi connectivity index (χ1v) is 8.20. The molecule has 0 amide bonds. The van der Waals surface area contributed by atoms with Crippen molar-refractivity contribution in [1.29, 1.82) is 0 Å². The molecular formula is C16H30N2. The number of rotatable bonds is 5. The van der Waals surface area contributed by atoms with E-state index in [0.29, 0.717) is 0 Å². The van der Waals surface area contributed by atoms with Crippen molar-refractivity contribution in [2.45, 2.75) is 64.5 Å². The molecule has 0 bridgehead atoms. The Hall–Kier alpha value is -0.0800. The monoisotopic (exact) mass is 250 g/mol. The second-order valence-electron chi connectivity index (χ2n) is 7.27. The number of hydrogen-bond acceptors (Lipinski definition) is 2. The molecule has 3 fully saturated rings. The summed E-state index contributed by atoms with van der Waals surface area (Å²) < 4.78 is 0. The zero-order chi connectivity index (χ0) is 12.5. The predicted octanol–water partition coefficient (Wildman–Crippen LogP) is 2.89. The number of nitrogens with zero attached hydrogens (tertiary/aromatic N) is 1. The molecule has 1 N–H and O–H groups in total. The highest BCUT2D eigenvalue weighted by atomic mass is 15.2. The van der Waals surface area contributed by atoms with Crippen molar-refractivity contribution >= 4 is 0 Å². The van der Waals surface area contributed by atoms with Crippen LogP contribution in [0, 0.1) is 17.8 Å². The van der Waals surface area contributed by atoms with E-state index in [9.17, 15) is 0 Å². The average molecular weight is 250 g/mol. The second-order valence-corrected chi connectivity index (χ2v) is 7.27. The first kappa shape index (κ1) is 12.9. The fourth-order valence-electron chi connectivity index (χ4n) is 3.83. The average Bonchev–Trinajstić information content (AvgIpc) is 3.10. The van der Waals surface area contributed by atoms with E-state index in [0.717, 1.165) is 29.8 Å². The summed E-state index contributed by atoms with van der Waals surface area (Å²) in [5.74, 6) is 2.84. The van der Waals surface area contributed by atoms with Gasteiger partial charge in [0.05, 0.1) is 0 Å². The van der Waals surface area contributed by atoms with Gasteiger partial charge in [-0.2, -0.15) is 0 Å². The molecule has 1 atom stereocenters. The van der Waals surface area contributed by atoms with Crippen molar-refractivity contribution in [3.05, 3.63) is 0 Å². The molecule has 1 aliphatic heterocycles. The van der Waals surface area contributed by atoms with Crippen molar-refractivity contribution in [2.75, 3.05) is 19.6 Å². The Balaban J connectivity index is 1.50. The van der Waals surface area contributed by atoms with Gasteiger partial charge in [0.1, 0.15) is 0 Å². The van der Waals surface area contributed by atoms with Crippen LogP contribution in [0.3, 0.4) is 0 Å². The van der Waals surface area contributed by atoms with E-state index in [1.807, 2.05) is 0 Å². The SMILES string of the molecule is CC(C)C1CC(N(CC2CCCNC2)C2CC2)C1. The second kappa shape index (κ2) is 5.50. The first-order chi connectivity index (χ1) is 8.74. The van der Waals surface area contributed by atoms with Gasteiger partial charge in [-0.15, -0.1) is 0 Å². The van der Waals surface area contributed by atoms with Gasteiger partial charge in [0.25, 0.3) is 0 Å². The highest BCUT2D eigenvalue weighted by molar-refractivity contribution is 4.96. The summed E-state index contributed by atoms with van der Waals surface area (Å²) >= 11 is 0. The Bertz CT molecular complexity index is 260. The van der Waals surface area contributed by atoms with Crippen LogP contribution in [0.25, 0.3) is 0 Å². The van der Waals surface area contributed by atoms with E-state index >= 15 is 0 Å². The van der Waals surface area contributed by atoms with Gasteiger partial charge >= 0.3 is 0 Å². The highest BCUT2D eigenvalue weighted by Gasteiger charge is 2.41. The molecule has 3 rings (SSSR count). The maximum absolute atomic E-state index is 3.57.